The van der Waals surface area contributed by atoms with Crippen molar-refractivity contribution in [3.8, 4) is 11.5 Å². The Morgan fingerprint density at radius 1 is 1.16 bits per heavy atom. The maximum absolute atomic E-state index is 13.1. The average Bonchev–Trinajstić information content (AvgIpc) is 2.79. The second-order valence-electron chi connectivity index (χ2n) is 7.54. The van der Waals surface area contributed by atoms with Crippen LogP contribution in [0.1, 0.15) is 18.4 Å². The average molecular weight is 467 g/mol. The zero-order valence-corrected chi connectivity index (χ0v) is 19.4. The molecule has 0 spiro atoms. The molecule has 2 aromatic carbocycles. The maximum Gasteiger partial charge on any atom is 0.243 e. The van der Waals surface area contributed by atoms with Crippen LogP contribution >= 0.6 is 11.6 Å². The number of carbonyl (C=O) groups is 1. The molecule has 3 rings (SSSR count). The number of hydrogen-bond acceptors (Lipinski definition) is 5. The van der Waals surface area contributed by atoms with Crippen molar-refractivity contribution in [1.29, 1.82) is 0 Å². The van der Waals surface area contributed by atoms with Crippen LogP contribution in [0.5, 0.6) is 11.5 Å². The Hall–Kier alpha value is -2.29. The fourth-order valence-electron chi connectivity index (χ4n) is 3.71. The summed E-state index contributed by atoms with van der Waals surface area (Å²) in [6.45, 7) is 0.968. The van der Waals surface area contributed by atoms with Gasteiger partial charge in [-0.25, -0.2) is 8.42 Å². The summed E-state index contributed by atoms with van der Waals surface area (Å²) >= 11 is 6.11. The number of amides is 1. The van der Waals surface area contributed by atoms with Crippen LogP contribution in [0.25, 0.3) is 0 Å². The summed E-state index contributed by atoms with van der Waals surface area (Å²) in [6.07, 6.45) is 1.27. The van der Waals surface area contributed by atoms with Crippen LogP contribution in [-0.4, -0.2) is 57.9 Å². The van der Waals surface area contributed by atoms with Gasteiger partial charge in [-0.2, -0.15) is 4.31 Å². The number of carbonyl (C=O) groups excluding carboxylic acids is 1. The molecule has 0 bridgehead atoms. The Kier molecular flexibility index (Phi) is 7.46. The molecule has 0 saturated carbocycles. The molecule has 0 radical (unpaired) electrons. The summed E-state index contributed by atoms with van der Waals surface area (Å²) in [6, 6.07) is 11.9. The van der Waals surface area contributed by atoms with Gasteiger partial charge in [0.1, 0.15) is 11.5 Å². The lowest BCUT2D eigenvalue weighted by Crippen LogP contribution is -2.45. The minimum absolute atomic E-state index is 0.0662. The summed E-state index contributed by atoms with van der Waals surface area (Å²) in [7, 11) is 1.06. The van der Waals surface area contributed by atoms with E-state index >= 15 is 0 Å². The van der Waals surface area contributed by atoms with Crippen LogP contribution in [0, 0.1) is 5.92 Å². The van der Waals surface area contributed by atoms with Gasteiger partial charge < -0.3 is 14.4 Å². The van der Waals surface area contributed by atoms with E-state index in [1.807, 2.05) is 24.3 Å². The van der Waals surface area contributed by atoms with Crippen molar-refractivity contribution in [2.24, 2.45) is 5.92 Å². The van der Waals surface area contributed by atoms with Crippen molar-refractivity contribution in [2.45, 2.75) is 24.3 Å². The third kappa shape index (κ3) is 5.31. The molecule has 1 aliphatic heterocycles. The minimum Gasteiger partial charge on any atom is -0.497 e. The smallest absolute Gasteiger partial charge is 0.243 e. The molecule has 1 saturated heterocycles. The van der Waals surface area contributed by atoms with Crippen molar-refractivity contribution in [2.75, 3.05) is 34.4 Å². The molecule has 0 aliphatic carbocycles. The van der Waals surface area contributed by atoms with E-state index < -0.39 is 10.0 Å². The number of rotatable bonds is 7. The SMILES string of the molecule is COc1ccc(CN(C)C(=O)C2CCCN(S(=O)(=O)c3ccc(OC)c(Cl)c3)C2)cc1. The number of halogens is 1. The van der Waals surface area contributed by atoms with E-state index in [1.165, 1.54) is 29.6 Å². The van der Waals surface area contributed by atoms with Gasteiger partial charge in [-0.3, -0.25) is 4.79 Å². The highest BCUT2D eigenvalue weighted by atomic mass is 35.5. The first-order valence-corrected chi connectivity index (χ1v) is 11.8. The quantitative estimate of drug-likeness (QED) is 0.625. The first-order chi connectivity index (χ1) is 14.8. The van der Waals surface area contributed by atoms with E-state index in [2.05, 4.69) is 0 Å². The van der Waals surface area contributed by atoms with Gasteiger partial charge in [0.25, 0.3) is 0 Å². The fraction of sp³-hybridized carbons (Fsp3) is 0.409. The monoisotopic (exact) mass is 466 g/mol. The molecule has 1 unspecified atom stereocenters. The minimum atomic E-state index is -3.76. The van der Waals surface area contributed by atoms with Crippen molar-refractivity contribution in [3.63, 3.8) is 0 Å². The maximum atomic E-state index is 13.1. The lowest BCUT2D eigenvalue weighted by molar-refractivity contribution is -0.135. The van der Waals surface area contributed by atoms with Crippen molar-refractivity contribution < 1.29 is 22.7 Å². The largest absolute Gasteiger partial charge is 0.497 e. The van der Waals surface area contributed by atoms with Gasteiger partial charge in [-0.1, -0.05) is 23.7 Å². The van der Waals surface area contributed by atoms with Gasteiger partial charge in [0.05, 0.1) is 30.1 Å². The summed E-state index contributed by atoms with van der Waals surface area (Å²) in [5.74, 6) is 0.709. The van der Waals surface area contributed by atoms with E-state index in [-0.39, 0.29) is 28.3 Å². The summed E-state index contributed by atoms with van der Waals surface area (Å²) in [5, 5.41) is 0.229. The highest BCUT2D eigenvalue weighted by Gasteiger charge is 2.34. The molecular formula is C22H27ClN2O5S. The number of hydrogen-bond donors (Lipinski definition) is 0. The van der Waals surface area contributed by atoms with Gasteiger partial charge >= 0.3 is 0 Å². The molecule has 0 N–H and O–H groups in total. The molecule has 1 amide bonds. The second kappa shape index (κ2) is 9.89. The van der Waals surface area contributed by atoms with Crippen LogP contribution in [0.2, 0.25) is 5.02 Å². The summed E-state index contributed by atoms with van der Waals surface area (Å²) in [4.78, 5) is 14.8. The topological polar surface area (TPSA) is 76.2 Å². The number of benzene rings is 2. The van der Waals surface area contributed by atoms with Gasteiger partial charge in [-0.05, 0) is 48.7 Å². The second-order valence-corrected chi connectivity index (χ2v) is 9.89. The first-order valence-electron chi connectivity index (χ1n) is 9.98. The predicted molar refractivity (Wildman–Crippen MR) is 119 cm³/mol. The highest BCUT2D eigenvalue weighted by Crippen LogP contribution is 2.30. The molecule has 7 nitrogen and oxygen atoms in total. The van der Waals surface area contributed by atoms with Crippen LogP contribution in [0.3, 0.4) is 0 Å². The van der Waals surface area contributed by atoms with Gasteiger partial charge in [0, 0.05) is 26.7 Å². The number of ether oxygens (including phenoxy) is 2. The van der Waals surface area contributed by atoms with Crippen molar-refractivity contribution >= 4 is 27.5 Å². The predicted octanol–water partition coefficient (Wildman–Crippen LogP) is 3.42. The van der Waals surface area contributed by atoms with Crippen LogP contribution in [0.15, 0.2) is 47.4 Å². The third-order valence-corrected chi connectivity index (χ3v) is 7.61. The molecule has 0 aromatic heterocycles. The Bertz CT molecular complexity index is 1030. The van der Waals surface area contributed by atoms with Gasteiger partial charge in [0.15, 0.2) is 0 Å². The summed E-state index contributed by atoms with van der Waals surface area (Å²) < 4.78 is 37.9. The normalized spacial score (nSPS) is 17.2. The van der Waals surface area contributed by atoms with Crippen molar-refractivity contribution in [1.82, 2.24) is 9.21 Å². The van der Waals surface area contributed by atoms with Gasteiger partial charge in [0.2, 0.25) is 15.9 Å². The number of piperidine rings is 1. The Labute approximate surface area is 188 Å². The lowest BCUT2D eigenvalue weighted by Gasteiger charge is -2.33. The third-order valence-electron chi connectivity index (χ3n) is 5.45. The highest BCUT2D eigenvalue weighted by molar-refractivity contribution is 7.89. The van der Waals surface area contributed by atoms with E-state index in [0.29, 0.717) is 31.7 Å². The Balaban J connectivity index is 1.69. The molecule has 31 heavy (non-hydrogen) atoms. The number of sulfonamides is 1. The zero-order valence-electron chi connectivity index (χ0n) is 17.9. The van der Waals surface area contributed by atoms with E-state index in [4.69, 9.17) is 21.1 Å². The number of nitrogens with zero attached hydrogens (tertiary/aromatic N) is 2. The molecule has 1 fully saturated rings. The van der Waals surface area contributed by atoms with E-state index in [0.717, 1.165) is 11.3 Å². The first kappa shape index (κ1) is 23.4. The van der Waals surface area contributed by atoms with Crippen LogP contribution in [0.4, 0.5) is 0 Å². The van der Waals surface area contributed by atoms with E-state index in [1.54, 1.807) is 19.1 Å². The Morgan fingerprint density at radius 3 is 2.48 bits per heavy atom. The molecular weight excluding hydrogens is 440 g/mol. The lowest BCUT2D eigenvalue weighted by atomic mass is 9.98. The number of methoxy groups -OCH3 is 2. The molecule has 1 heterocycles. The van der Waals surface area contributed by atoms with E-state index in [9.17, 15) is 13.2 Å². The Morgan fingerprint density at radius 2 is 1.87 bits per heavy atom. The molecule has 1 aliphatic rings. The molecule has 168 valence electrons. The van der Waals surface area contributed by atoms with Crippen LogP contribution in [-0.2, 0) is 21.4 Å². The zero-order chi connectivity index (χ0) is 22.6. The molecule has 2 aromatic rings. The molecule has 1 atom stereocenters. The standard InChI is InChI=1S/C22H27ClN2O5S/c1-24(14-16-6-8-18(29-2)9-7-16)22(26)17-5-4-12-25(15-17)31(27,28)19-10-11-21(30-3)20(23)13-19/h6-11,13,17H,4-5,12,14-15H2,1-3H3. The van der Waals surface area contributed by atoms with Crippen LogP contribution < -0.4 is 9.47 Å². The fourth-order valence-corrected chi connectivity index (χ4v) is 5.59. The van der Waals surface area contributed by atoms with Gasteiger partial charge in [-0.15, -0.1) is 0 Å². The molecule has 9 heteroatoms. The van der Waals surface area contributed by atoms with Crippen molar-refractivity contribution in [3.05, 3.63) is 53.1 Å². The summed E-state index contributed by atoms with van der Waals surface area (Å²) in [5.41, 5.74) is 0.977.